The summed E-state index contributed by atoms with van der Waals surface area (Å²) < 4.78 is 21.5. The fourth-order valence-corrected chi connectivity index (χ4v) is 7.22. The number of benzene rings is 2. The number of allylic oxidation sites excluding steroid dienone is 1. The molecule has 2 aromatic carbocycles. The van der Waals surface area contributed by atoms with Gasteiger partial charge >= 0.3 is 5.97 Å². The van der Waals surface area contributed by atoms with E-state index in [9.17, 15) is 9.59 Å². The second-order valence-corrected chi connectivity index (χ2v) is 11.8. The summed E-state index contributed by atoms with van der Waals surface area (Å²) in [7, 11) is 1.64. The predicted octanol–water partition coefficient (Wildman–Crippen LogP) is 4.56. The zero-order valence-electron chi connectivity index (χ0n) is 24.6. The molecule has 0 aliphatic carbocycles. The van der Waals surface area contributed by atoms with Gasteiger partial charge in [0.2, 0.25) is 0 Å². The molecule has 0 saturated carbocycles. The third-order valence-corrected chi connectivity index (χ3v) is 9.24. The highest BCUT2D eigenvalue weighted by Crippen LogP contribution is 2.38. The van der Waals surface area contributed by atoms with Crippen molar-refractivity contribution in [3.8, 4) is 5.75 Å². The van der Waals surface area contributed by atoms with Gasteiger partial charge in [0, 0.05) is 29.9 Å². The summed E-state index contributed by atoms with van der Waals surface area (Å²) >= 11 is 1.34. The molecular weight excluding hydrogens is 550 g/mol. The summed E-state index contributed by atoms with van der Waals surface area (Å²) in [6, 6.07) is 13.1. The molecule has 0 unspecified atom stereocenters. The van der Waals surface area contributed by atoms with E-state index in [0.717, 1.165) is 65.0 Å². The van der Waals surface area contributed by atoms with Crippen LogP contribution >= 0.6 is 11.3 Å². The van der Waals surface area contributed by atoms with Crippen LogP contribution in [-0.2, 0) is 20.8 Å². The molecule has 4 heterocycles. The summed E-state index contributed by atoms with van der Waals surface area (Å²) in [5.41, 5.74) is 4.73. The normalized spacial score (nSPS) is 18.8. The molecular formula is C33H35N3O5S. The second kappa shape index (κ2) is 11.4. The summed E-state index contributed by atoms with van der Waals surface area (Å²) in [6.45, 7) is 9.59. The van der Waals surface area contributed by atoms with Crippen LogP contribution in [-0.4, -0.2) is 41.5 Å². The van der Waals surface area contributed by atoms with Crippen LogP contribution in [0.1, 0.15) is 55.2 Å². The third kappa shape index (κ3) is 4.80. The average Bonchev–Trinajstić information content (AvgIpc) is 3.67. The number of ether oxygens (including phenoxy) is 3. The van der Waals surface area contributed by atoms with E-state index in [1.54, 1.807) is 25.5 Å². The lowest BCUT2D eigenvalue weighted by molar-refractivity contribution is -0.139. The first-order chi connectivity index (χ1) is 20.3. The SMILES string of the molecule is CCOC(=O)C1=C(C)N=c2s/c(=C\c3cc(C)n(C[C@@H]4CCCO4)c3C)c(=O)n2[C@H]1c1ccc(OC)c2ccccc12. The topological polar surface area (TPSA) is 84.0 Å². The Kier molecular flexibility index (Phi) is 7.64. The van der Waals surface area contributed by atoms with Crippen LogP contribution in [0, 0.1) is 13.8 Å². The number of carbonyl (C=O) groups is 1. The Morgan fingerprint density at radius 2 is 1.95 bits per heavy atom. The van der Waals surface area contributed by atoms with E-state index < -0.39 is 12.0 Å². The van der Waals surface area contributed by atoms with Gasteiger partial charge in [-0.3, -0.25) is 9.36 Å². The minimum absolute atomic E-state index is 0.193. The maximum Gasteiger partial charge on any atom is 0.338 e. The molecule has 2 atom stereocenters. The third-order valence-electron chi connectivity index (χ3n) is 8.26. The summed E-state index contributed by atoms with van der Waals surface area (Å²) in [5.74, 6) is 0.245. The first kappa shape index (κ1) is 28.2. The maximum atomic E-state index is 14.2. The van der Waals surface area contributed by atoms with Crippen LogP contribution < -0.4 is 19.6 Å². The van der Waals surface area contributed by atoms with Crippen molar-refractivity contribution in [2.75, 3.05) is 20.3 Å². The fourth-order valence-electron chi connectivity index (χ4n) is 6.18. The molecule has 42 heavy (non-hydrogen) atoms. The zero-order chi connectivity index (χ0) is 29.5. The van der Waals surface area contributed by atoms with Crippen LogP contribution in [0.25, 0.3) is 16.8 Å². The highest BCUT2D eigenvalue weighted by Gasteiger charge is 2.34. The van der Waals surface area contributed by atoms with Gasteiger partial charge in [-0.1, -0.05) is 41.7 Å². The maximum absolute atomic E-state index is 14.2. The molecule has 0 amide bonds. The van der Waals surface area contributed by atoms with Gasteiger partial charge in [0.05, 0.1) is 41.7 Å². The number of hydrogen-bond acceptors (Lipinski definition) is 7. The van der Waals surface area contributed by atoms with E-state index in [4.69, 9.17) is 19.2 Å². The van der Waals surface area contributed by atoms with Gasteiger partial charge in [-0.05, 0) is 75.3 Å². The molecule has 6 rings (SSSR count). The van der Waals surface area contributed by atoms with E-state index in [2.05, 4.69) is 24.5 Å². The summed E-state index contributed by atoms with van der Waals surface area (Å²) in [4.78, 5) is 32.9. The van der Waals surface area contributed by atoms with Gasteiger partial charge in [-0.25, -0.2) is 9.79 Å². The quantitative estimate of drug-likeness (QED) is 0.297. The Hall–Kier alpha value is -3.95. The number of nitrogens with zero attached hydrogens (tertiary/aromatic N) is 3. The fraction of sp³-hybridized carbons (Fsp3) is 0.364. The van der Waals surface area contributed by atoms with Crippen molar-refractivity contribution in [3.63, 3.8) is 0 Å². The average molecular weight is 586 g/mol. The smallest absolute Gasteiger partial charge is 0.338 e. The highest BCUT2D eigenvalue weighted by atomic mass is 32.1. The number of aromatic nitrogens is 2. The van der Waals surface area contributed by atoms with Crippen molar-refractivity contribution < 1.29 is 19.0 Å². The number of hydrogen-bond donors (Lipinski definition) is 0. The predicted molar refractivity (Wildman–Crippen MR) is 164 cm³/mol. The molecule has 2 aliphatic heterocycles. The van der Waals surface area contributed by atoms with E-state index in [1.807, 2.05) is 42.5 Å². The minimum atomic E-state index is -0.704. The largest absolute Gasteiger partial charge is 0.496 e. The van der Waals surface area contributed by atoms with E-state index >= 15 is 0 Å². The van der Waals surface area contributed by atoms with Crippen molar-refractivity contribution in [3.05, 3.63) is 95.9 Å². The van der Waals surface area contributed by atoms with Crippen molar-refractivity contribution in [1.29, 1.82) is 0 Å². The summed E-state index contributed by atoms with van der Waals surface area (Å²) in [5, 5.41) is 1.79. The molecule has 0 N–H and O–H groups in total. The summed E-state index contributed by atoms with van der Waals surface area (Å²) in [6.07, 6.45) is 4.32. The Morgan fingerprint density at radius 1 is 1.17 bits per heavy atom. The zero-order valence-corrected chi connectivity index (χ0v) is 25.4. The molecule has 1 saturated heterocycles. The molecule has 2 aromatic heterocycles. The van der Waals surface area contributed by atoms with Crippen molar-refractivity contribution in [2.24, 2.45) is 4.99 Å². The lowest BCUT2D eigenvalue weighted by Crippen LogP contribution is -2.40. The molecule has 4 aromatic rings. The molecule has 0 radical (unpaired) electrons. The number of rotatable bonds is 7. The standard InChI is InChI=1S/C33H35N3O5S/c1-6-40-32(38)29-20(3)34-33-36(30(29)26-13-14-27(39-5)25-12-8-7-11-24(25)26)31(37)28(42-33)17-22-16-19(2)35(21(22)4)18-23-10-9-15-41-23/h7-8,11-14,16-17,23,30H,6,9-10,15,18H2,1-5H3/b28-17-/t23-,30-/m0/s1. The van der Waals surface area contributed by atoms with Crippen LogP contribution in [0.3, 0.4) is 0 Å². The molecule has 1 fully saturated rings. The Bertz CT molecular complexity index is 1910. The molecule has 8 nitrogen and oxygen atoms in total. The molecule has 2 aliphatic rings. The van der Waals surface area contributed by atoms with Gasteiger partial charge in [0.25, 0.3) is 5.56 Å². The monoisotopic (exact) mass is 585 g/mol. The number of aryl methyl sites for hydroxylation is 1. The van der Waals surface area contributed by atoms with Gasteiger partial charge in [0.1, 0.15) is 5.75 Å². The molecule has 0 spiro atoms. The van der Waals surface area contributed by atoms with Gasteiger partial charge in [-0.15, -0.1) is 0 Å². The van der Waals surface area contributed by atoms with Gasteiger partial charge < -0.3 is 18.8 Å². The Morgan fingerprint density at radius 3 is 2.67 bits per heavy atom. The first-order valence-corrected chi connectivity index (χ1v) is 15.2. The molecule has 9 heteroatoms. The number of fused-ring (bicyclic) bond motifs is 2. The minimum Gasteiger partial charge on any atom is -0.496 e. The highest BCUT2D eigenvalue weighted by molar-refractivity contribution is 7.07. The molecule has 0 bridgehead atoms. The number of thiazole rings is 1. The number of carbonyl (C=O) groups excluding carboxylic acids is 1. The Balaban J connectivity index is 1.54. The van der Waals surface area contributed by atoms with E-state index in [0.29, 0.717) is 20.6 Å². The first-order valence-electron chi connectivity index (χ1n) is 14.4. The van der Waals surface area contributed by atoms with E-state index in [1.165, 1.54) is 11.3 Å². The van der Waals surface area contributed by atoms with Crippen LogP contribution in [0.2, 0.25) is 0 Å². The van der Waals surface area contributed by atoms with Crippen molar-refractivity contribution in [1.82, 2.24) is 9.13 Å². The van der Waals surface area contributed by atoms with Crippen LogP contribution in [0.15, 0.2) is 63.5 Å². The van der Waals surface area contributed by atoms with Gasteiger partial charge in [-0.2, -0.15) is 0 Å². The number of methoxy groups -OCH3 is 1. The van der Waals surface area contributed by atoms with Crippen LogP contribution in [0.4, 0.5) is 0 Å². The Labute approximate surface area is 248 Å². The number of esters is 1. The van der Waals surface area contributed by atoms with Crippen molar-refractivity contribution in [2.45, 2.75) is 59.2 Å². The van der Waals surface area contributed by atoms with E-state index in [-0.39, 0.29) is 18.3 Å². The second-order valence-electron chi connectivity index (χ2n) is 10.8. The lowest BCUT2D eigenvalue weighted by Gasteiger charge is -2.26. The van der Waals surface area contributed by atoms with Crippen LogP contribution in [0.5, 0.6) is 5.75 Å². The van der Waals surface area contributed by atoms with Crippen molar-refractivity contribution >= 4 is 34.2 Å². The lowest BCUT2D eigenvalue weighted by atomic mass is 9.91. The molecule has 218 valence electrons. The van der Waals surface area contributed by atoms with Gasteiger partial charge in [0.15, 0.2) is 4.80 Å².